The molecule has 56 heavy (non-hydrogen) atoms. The lowest BCUT2D eigenvalue weighted by molar-refractivity contribution is 0.260. The molecule has 1 aromatic carbocycles. The molecular formula is C56H66. The Morgan fingerprint density at radius 2 is 0.357 bits per heavy atom. The molecule has 0 radical (unpaired) electrons. The monoisotopic (exact) mass is 739 g/mol. The average molecular weight is 739 g/mol. The molecule has 12 bridgehead atoms. The quantitative estimate of drug-likeness (QED) is 0.283. The highest BCUT2D eigenvalue weighted by molar-refractivity contribution is 5.67. The van der Waals surface area contributed by atoms with Crippen LogP contribution in [0.1, 0.15) is 177 Å². The molecule has 290 valence electrons. The Balaban J connectivity index is 0.940. The maximum absolute atomic E-state index is 2.81. The van der Waals surface area contributed by atoms with E-state index in [-0.39, 0.29) is 0 Å². The van der Waals surface area contributed by atoms with Crippen LogP contribution in [0.2, 0.25) is 0 Å². The summed E-state index contributed by atoms with van der Waals surface area (Å²) in [6.07, 6.45) is 35.7. The van der Waals surface area contributed by atoms with Gasteiger partial charge in [-0.1, -0.05) is 46.6 Å². The lowest BCUT2D eigenvalue weighted by Gasteiger charge is -2.48. The highest BCUT2D eigenvalue weighted by atomic mass is 14.6. The first-order valence-electron chi connectivity index (χ1n) is 25.3. The van der Waals surface area contributed by atoms with Gasteiger partial charge in [0.05, 0.1) is 0 Å². The number of rotatable bonds is 2. The zero-order valence-electron chi connectivity index (χ0n) is 34.4. The van der Waals surface area contributed by atoms with Crippen molar-refractivity contribution < 1.29 is 0 Å². The summed E-state index contributed by atoms with van der Waals surface area (Å²) in [4.78, 5) is 0. The molecule has 1 aromatic rings. The summed E-state index contributed by atoms with van der Waals surface area (Å²) in [6.45, 7) is 0. The lowest BCUT2D eigenvalue weighted by Crippen LogP contribution is -2.35. The normalized spacial score (nSPS) is 46.2. The lowest BCUT2D eigenvalue weighted by atomic mass is 9.56. The van der Waals surface area contributed by atoms with Gasteiger partial charge in [-0.25, -0.2) is 0 Å². The highest BCUT2D eigenvalue weighted by Gasteiger charge is 2.55. The van der Waals surface area contributed by atoms with Crippen molar-refractivity contribution in [2.24, 2.45) is 71.0 Å². The zero-order valence-corrected chi connectivity index (χ0v) is 34.4. The fraction of sp³-hybridized carbons (Fsp3) is 0.679. The molecular weight excluding hydrogens is 673 g/mol. The van der Waals surface area contributed by atoms with Crippen LogP contribution < -0.4 is 0 Å². The third-order valence-electron chi connectivity index (χ3n) is 21.2. The number of hydrogen-bond acceptors (Lipinski definition) is 0. The van der Waals surface area contributed by atoms with Crippen LogP contribution in [0.15, 0.2) is 91.1 Å². The van der Waals surface area contributed by atoms with E-state index in [1.807, 2.05) is 66.9 Å². The standard InChI is InChI=1S/C56H66/c1-2-30-4-3-29(1)43-44(30)48-34-11-19-38(20-12-34)52(48)55(51-37-17-9-33(10-18-37)47(43)51)41-25-27-42(28-26-41)56-53-39-21-13-35(14-22-39)49(53)45-31-5-6-32(8-7-31)46(45)50-36-15-23-40(24-16-36)54(50)56/h25-40,55-56H,1-24H2. The maximum atomic E-state index is 2.81. The summed E-state index contributed by atoms with van der Waals surface area (Å²) in [6, 6.07) is 11.2. The van der Waals surface area contributed by atoms with Crippen LogP contribution >= 0.6 is 0 Å². The fourth-order valence-corrected chi connectivity index (χ4v) is 19.3. The van der Waals surface area contributed by atoms with E-state index in [1.165, 1.54) is 154 Å². The van der Waals surface area contributed by atoms with Gasteiger partial charge in [0.1, 0.15) is 0 Å². The molecule has 6 fully saturated rings. The van der Waals surface area contributed by atoms with Crippen LogP contribution in [-0.4, -0.2) is 0 Å². The molecule has 0 saturated heterocycles. The predicted molar refractivity (Wildman–Crippen MR) is 227 cm³/mol. The van der Waals surface area contributed by atoms with Crippen molar-refractivity contribution >= 4 is 0 Å². The number of fused-ring (bicyclic) bond motifs is 12. The van der Waals surface area contributed by atoms with Crippen LogP contribution in [0, 0.1) is 71.0 Å². The molecule has 0 heterocycles. The van der Waals surface area contributed by atoms with Crippen LogP contribution in [0.25, 0.3) is 0 Å². The Morgan fingerprint density at radius 3 is 0.554 bits per heavy atom. The SMILES string of the molecule is c1cc(C2C3=C(C4=C(C5=C2C2CCC5CC2)C2CCC4CC2)C2CCC3CC2)ccc1C1C2=C(C3=C(C4=C1C1CCC4CC1)C1CCC3CC1)C1CCC2CC1. The molecule has 6 saturated carbocycles. The molecule has 21 rings (SSSR count). The molecule has 0 spiro atoms. The van der Waals surface area contributed by atoms with Crippen molar-refractivity contribution in [3.05, 3.63) is 102 Å². The van der Waals surface area contributed by atoms with E-state index in [9.17, 15) is 0 Å². The van der Waals surface area contributed by atoms with Crippen molar-refractivity contribution in [1.82, 2.24) is 0 Å². The molecule has 0 nitrogen and oxygen atoms in total. The van der Waals surface area contributed by atoms with Crippen molar-refractivity contribution in [2.75, 3.05) is 0 Å². The second-order valence-electron chi connectivity index (χ2n) is 23.0. The van der Waals surface area contributed by atoms with Crippen molar-refractivity contribution in [1.29, 1.82) is 0 Å². The summed E-state index contributed by atoms with van der Waals surface area (Å²) in [5, 5.41) is 0. The largest absolute Gasteiger partial charge is 0.0578 e. The van der Waals surface area contributed by atoms with Gasteiger partial charge in [0.2, 0.25) is 0 Å². The summed E-state index contributed by atoms with van der Waals surface area (Å²) in [5.41, 5.74) is 27.6. The van der Waals surface area contributed by atoms with Gasteiger partial charge in [-0.2, -0.15) is 0 Å². The van der Waals surface area contributed by atoms with E-state index in [4.69, 9.17) is 0 Å². The van der Waals surface area contributed by atoms with Crippen molar-refractivity contribution in [3.63, 3.8) is 0 Å². The Labute approximate surface area is 337 Å². The molecule has 0 heteroatoms. The number of allylic oxidation sites excluding steroid dienone is 12. The van der Waals surface area contributed by atoms with Crippen molar-refractivity contribution in [2.45, 2.75) is 166 Å². The van der Waals surface area contributed by atoms with E-state index in [0.29, 0.717) is 11.8 Å². The van der Waals surface area contributed by atoms with E-state index in [2.05, 4.69) is 24.3 Å². The topological polar surface area (TPSA) is 0 Å². The fourth-order valence-electron chi connectivity index (χ4n) is 19.3. The van der Waals surface area contributed by atoms with Gasteiger partial charge in [0, 0.05) is 11.8 Å². The first-order chi connectivity index (χ1) is 27.8. The summed E-state index contributed by atoms with van der Waals surface area (Å²) in [7, 11) is 0. The van der Waals surface area contributed by atoms with E-state index >= 15 is 0 Å². The smallest absolute Gasteiger partial charge is 0.0275 e. The van der Waals surface area contributed by atoms with Gasteiger partial charge in [0.25, 0.3) is 0 Å². The minimum atomic E-state index is 0.583. The number of benzene rings is 1. The van der Waals surface area contributed by atoms with Crippen LogP contribution in [-0.2, 0) is 0 Å². The molecule has 0 aromatic heterocycles. The second-order valence-corrected chi connectivity index (χ2v) is 23.0. The van der Waals surface area contributed by atoms with Gasteiger partial charge in [-0.3, -0.25) is 0 Å². The predicted octanol–water partition coefficient (Wildman–Crippen LogP) is 14.6. The van der Waals surface area contributed by atoms with Gasteiger partial charge >= 0.3 is 0 Å². The van der Waals surface area contributed by atoms with Gasteiger partial charge in [0.15, 0.2) is 0 Å². The molecule has 0 aliphatic heterocycles. The zero-order chi connectivity index (χ0) is 36.0. The molecule has 0 atom stereocenters. The van der Waals surface area contributed by atoms with Gasteiger partial charge in [-0.15, -0.1) is 0 Å². The third kappa shape index (κ3) is 4.11. The average Bonchev–Trinajstić information content (AvgIpc) is 3.57. The first-order valence-corrected chi connectivity index (χ1v) is 25.3. The Hall–Kier alpha value is -2.34. The Kier molecular flexibility index (Phi) is 6.78. The minimum absolute atomic E-state index is 0.583. The van der Waals surface area contributed by atoms with E-state index < -0.39 is 0 Å². The first kappa shape index (κ1) is 32.5. The molecule has 0 amide bonds. The summed E-state index contributed by atoms with van der Waals surface area (Å²) < 4.78 is 0. The molecule has 0 unspecified atom stereocenters. The van der Waals surface area contributed by atoms with E-state index in [0.717, 1.165) is 71.0 Å². The number of hydrogen-bond donors (Lipinski definition) is 0. The second kappa shape index (κ2) is 11.7. The Bertz CT molecular complexity index is 1820. The summed E-state index contributed by atoms with van der Waals surface area (Å²) in [5.74, 6) is 11.5. The highest BCUT2D eigenvalue weighted by Crippen LogP contribution is 2.69. The van der Waals surface area contributed by atoms with Crippen LogP contribution in [0.5, 0.6) is 0 Å². The van der Waals surface area contributed by atoms with Gasteiger partial charge < -0.3 is 0 Å². The molecule has 20 aliphatic rings. The van der Waals surface area contributed by atoms with Crippen LogP contribution in [0.4, 0.5) is 0 Å². The molecule has 0 N–H and O–H groups in total. The Morgan fingerprint density at radius 1 is 0.196 bits per heavy atom. The van der Waals surface area contributed by atoms with Crippen LogP contribution in [0.3, 0.4) is 0 Å². The maximum Gasteiger partial charge on any atom is 0.0275 e. The molecule has 20 aliphatic carbocycles. The van der Waals surface area contributed by atoms with Gasteiger partial charge in [-0.05, 0) is 281 Å². The third-order valence-corrected chi connectivity index (χ3v) is 21.2. The minimum Gasteiger partial charge on any atom is -0.0578 e. The summed E-state index contributed by atoms with van der Waals surface area (Å²) >= 11 is 0. The van der Waals surface area contributed by atoms with Crippen molar-refractivity contribution in [3.8, 4) is 0 Å². The van der Waals surface area contributed by atoms with E-state index in [1.54, 1.807) is 11.1 Å².